The zero-order chi connectivity index (χ0) is 17.3. The second-order valence-corrected chi connectivity index (χ2v) is 4.44. The largest absolute Gasteiger partial charge is 0.477 e. The summed E-state index contributed by atoms with van der Waals surface area (Å²) in [7, 11) is 1.44. The Morgan fingerprint density at radius 1 is 1.26 bits per heavy atom. The molecule has 0 aliphatic rings. The third kappa shape index (κ3) is 3.00. The quantitative estimate of drug-likeness (QED) is 0.416. The summed E-state index contributed by atoms with van der Waals surface area (Å²) in [5, 5.41) is 13.3. The molecular formula is C12H11F4N4O3+. The van der Waals surface area contributed by atoms with Crippen molar-refractivity contribution in [3.8, 4) is 11.4 Å². The van der Waals surface area contributed by atoms with E-state index in [0.717, 1.165) is 0 Å². The molecule has 1 aromatic heterocycles. The molecule has 0 saturated heterocycles. The van der Waals surface area contributed by atoms with Crippen molar-refractivity contribution < 1.29 is 37.8 Å². The Balaban J connectivity index is 2.31. The van der Waals surface area contributed by atoms with E-state index >= 15 is 0 Å². The van der Waals surface area contributed by atoms with Gasteiger partial charge in [0.25, 0.3) is 0 Å². The number of quaternary nitrogens is 1. The molecule has 1 aromatic carbocycles. The second-order valence-electron chi connectivity index (χ2n) is 4.44. The van der Waals surface area contributed by atoms with Crippen LogP contribution in [-0.4, -0.2) is 39.3 Å². The third-order valence-corrected chi connectivity index (χ3v) is 2.87. The number of aliphatic carboxylic acids is 1. The van der Waals surface area contributed by atoms with E-state index in [4.69, 9.17) is 9.94 Å². The topological polar surface area (TPSA) is 105 Å². The molecule has 2 rings (SSSR count). The Bertz CT molecular complexity index is 703. The van der Waals surface area contributed by atoms with Gasteiger partial charge in [-0.2, -0.15) is 28.1 Å². The number of hydrogen-bond acceptors (Lipinski definition) is 4. The summed E-state index contributed by atoms with van der Waals surface area (Å²) in [6.45, 7) is 0. The van der Waals surface area contributed by atoms with Crippen LogP contribution in [0.4, 0.5) is 23.2 Å². The summed E-state index contributed by atoms with van der Waals surface area (Å²) >= 11 is 0. The molecule has 2 aromatic rings. The maximum Gasteiger partial charge on any atom is 0.411 e. The average Bonchev–Trinajstić information content (AvgIpc) is 2.98. The molecule has 11 heteroatoms. The standard InChI is InChI=1S/C12H10F4N4O3/c1-23-20-7-4-2-6(3-5-7)8-17-9(19-18-8)11(13,14)12(15,16)10(21)22/h2-5,20H,1H3,(H,21,22)(H,17,18,19)/p+1. The van der Waals surface area contributed by atoms with Crippen molar-refractivity contribution >= 4 is 11.7 Å². The predicted octanol–water partition coefficient (Wildman–Crippen LogP) is 1.04. The summed E-state index contributed by atoms with van der Waals surface area (Å²) in [4.78, 5) is 18.4. The lowest BCUT2D eigenvalue weighted by Gasteiger charge is -2.20. The van der Waals surface area contributed by atoms with Gasteiger partial charge in [0.1, 0.15) is 0 Å². The van der Waals surface area contributed by atoms with Crippen molar-refractivity contribution in [1.29, 1.82) is 0 Å². The molecule has 124 valence electrons. The SMILES string of the molecule is CO[NH2+]c1ccc(-c2n[nH]c(C(F)(F)C(F)(F)C(=O)O)n2)cc1. The van der Waals surface area contributed by atoms with E-state index in [1.165, 1.54) is 24.7 Å². The number of carbonyl (C=O) groups is 1. The van der Waals surface area contributed by atoms with E-state index in [-0.39, 0.29) is 11.4 Å². The molecule has 0 saturated carbocycles. The van der Waals surface area contributed by atoms with Gasteiger partial charge in [0, 0.05) is 17.7 Å². The van der Waals surface area contributed by atoms with E-state index in [1.807, 2.05) is 0 Å². The van der Waals surface area contributed by atoms with Crippen molar-refractivity contribution in [3.05, 3.63) is 30.1 Å². The smallest absolute Gasteiger partial charge is 0.411 e. The van der Waals surface area contributed by atoms with Gasteiger partial charge >= 0.3 is 17.8 Å². The van der Waals surface area contributed by atoms with Crippen LogP contribution in [0.15, 0.2) is 24.3 Å². The third-order valence-electron chi connectivity index (χ3n) is 2.87. The molecule has 7 nitrogen and oxygen atoms in total. The minimum absolute atomic E-state index is 0.273. The molecule has 23 heavy (non-hydrogen) atoms. The number of halogens is 4. The van der Waals surface area contributed by atoms with Crippen LogP contribution in [0.25, 0.3) is 11.4 Å². The van der Waals surface area contributed by atoms with Crippen molar-refractivity contribution in [3.63, 3.8) is 0 Å². The van der Waals surface area contributed by atoms with E-state index in [1.54, 1.807) is 17.2 Å². The Kier molecular flexibility index (Phi) is 4.34. The zero-order valence-corrected chi connectivity index (χ0v) is 11.6. The fourth-order valence-corrected chi connectivity index (χ4v) is 1.66. The number of hydrogen-bond donors (Lipinski definition) is 3. The molecule has 0 unspecified atom stereocenters. The number of aromatic nitrogens is 3. The highest BCUT2D eigenvalue weighted by Crippen LogP contribution is 2.41. The normalized spacial score (nSPS) is 12.4. The number of benzene rings is 1. The summed E-state index contributed by atoms with van der Waals surface area (Å²) in [6.07, 6.45) is 0. The minimum Gasteiger partial charge on any atom is -0.477 e. The number of H-pyrrole nitrogens is 1. The molecule has 0 amide bonds. The minimum atomic E-state index is -5.32. The van der Waals surface area contributed by atoms with Crippen LogP contribution < -0.4 is 5.48 Å². The molecule has 0 fully saturated rings. The average molecular weight is 335 g/mol. The van der Waals surface area contributed by atoms with Crippen LogP contribution >= 0.6 is 0 Å². The fraction of sp³-hybridized carbons (Fsp3) is 0.250. The number of nitrogens with zero attached hydrogens (tertiary/aromatic N) is 2. The molecule has 0 atom stereocenters. The first-order chi connectivity index (χ1) is 10.7. The number of rotatable bonds is 6. The first kappa shape index (κ1) is 16.8. The Morgan fingerprint density at radius 3 is 2.39 bits per heavy atom. The summed E-state index contributed by atoms with van der Waals surface area (Å²) in [6, 6.07) is 6.06. The predicted molar refractivity (Wildman–Crippen MR) is 66.9 cm³/mol. The Labute approximate surface area is 126 Å². The molecule has 4 N–H and O–H groups in total. The first-order valence-electron chi connectivity index (χ1n) is 6.08. The number of alkyl halides is 4. The highest BCUT2D eigenvalue weighted by Gasteiger charge is 2.65. The monoisotopic (exact) mass is 335 g/mol. The van der Waals surface area contributed by atoms with Crippen LogP contribution in [0.3, 0.4) is 0 Å². The van der Waals surface area contributed by atoms with E-state index in [2.05, 4.69) is 10.1 Å². The number of carboxylic acids is 1. The zero-order valence-electron chi connectivity index (χ0n) is 11.6. The number of nitrogens with two attached hydrogens (primary N) is 1. The van der Waals surface area contributed by atoms with Crippen molar-refractivity contribution in [2.24, 2.45) is 0 Å². The van der Waals surface area contributed by atoms with Gasteiger partial charge < -0.3 is 5.11 Å². The lowest BCUT2D eigenvalue weighted by atomic mass is 10.1. The Hall–Kier alpha value is -2.53. The van der Waals surface area contributed by atoms with E-state index < -0.39 is 23.6 Å². The molecule has 0 aliphatic heterocycles. The maximum absolute atomic E-state index is 13.6. The van der Waals surface area contributed by atoms with Crippen molar-refractivity contribution in [2.75, 3.05) is 7.11 Å². The molecule has 0 aliphatic carbocycles. The van der Waals surface area contributed by atoms with E-state index in [0.29, 0.717) is 5.69 Å². The van der Waals surface area contributed by atoms with Crippen LogP contribution in [-0.2, 0) is 15.6 Å². The lowest BCUT2D eigenvalue weighted by molar-refractivity contribution is -0.830. The van der Waals surface area contributed by atoms with Crippen LogP contribution in [0, 0.1) is 0 Å². The van der Waals surface area contributed by atoms with Gasteiger partial charge in [-0.05, 0) is 12.1 Å². The van der Waals surface area contributed by atoms with Gasteiger partial charge in [-0.1, -0.05) is 0 Å². The fourth-order valence-electron chi connectivity index (χ4n) is 1.66. The summed E-state index contributed by atoms with van der Waals surface area (Å²) < 4.78 is 53.4. The number of nitrogens with one attached hydrogen (secondary N) is 1. The van der Waals surface area contributed by atoms with Crippen molar-refractivity contribution in [2.45, 2.75) is 11.8 Å². The van der Waals surface area contributed by atoms with E-state index in [9.17, 15) is 22.4 Å². The van der Waals surface area contributed by atoms with Gasteiger partial charge in [0.05, 0.1) is 7.11 Å². The molecule has 0 radical (unpaired) electrons. The number of aromatic amines is 1. The van der Waals surface area contributed by atoms with Gasteiger partial charge in [0.15, 0.2) is 11.5 Å². The molecule has 0 spiro atoms. The number of carboxylic acid groups (broad SMARTS) is 1. The van der Waals surface area contributed by atoms with Gasteiger partial charge in [-0.15, -0.1) is 0 Å². The van der Waals surface area contributed by atoms with Crippen LogP contribution in [0.5, 0.6) is 0 Å². The highest BCUT2D eigenvalue weighted by atomic mass is 19.3. The van der Waals surface area contributed by atoms with Gasteiger partial charge in [-0.3, -0.25) is 5.10 Å². The maximum atomic E-state index is 13.6. The molecule has 1 heterocycles. The van der Waals surface area contributed by atoms with Crippen LogP contribution in [0.1, 0.15) is 5.82 Å². The highest BCUT2D eigenvalue weighted by molar-refractivity contribution is 5.77. The molecule has 0 bridgehead atoms. The Morgan fingerprint density at radius 2 is 1.87 bits per heavy atom. The van der Waals surface area contributed by atoms with Gasteiger partial charge in [0.2, 0.25) is 5.82 Å². The lowest BCUT2D eigenvalue weighted by Crippen LogP contribution is -2.75. The summed E-state index contributed by atoms with van der Waals surface area (Å²) in [5.41, 5.74) is 2.37. The van der Waals surface area contributed by atoms with Gasteiger partial charge in [-0.25, -0.2) is 14.6 Å². The van der Waals surface area contributed by atoms with Crippen LogP contribution in [0.2, 0.25) is 0 Å². The molecular weight excluding hydrogens is 324 g/mol. The summed E-state index contributed by atoms with van der Waals surface area (Å²) in [5.74, 6) is -15.1. The van der Waals surface area contributed by atoms with Crippen molar-refractivity contribution in [1.82, 2.24) is 15.2 Å². The second kappa shape index (κ2) is 5.93. The first-order valence-corrected chi connectivity index (χ1v) is 6.08.